The van der Waals surface area contributed by atoms with E-state index in [1.54, 1.807) is 36.4 Å². The summed E-state index contributed by atoms with van der Waals surface area (Å²) in [6, 6.07) is 11.4. The number of carbonyl (C=O) groups excluding carboxylic acids is 1. The van der Waals surface area contributed by atoms with E-state index in [4.69, 9.17) is 14.6 Å². The Morgan fingerprint density at radius 3 is 2.58 bits per heavy atom. The first-order valence-electron chi connectivity index (χ1n) is 8.01. The predicted octanol–water partition coefficient (Wildman–Crippen LogP) is 2.89. The number of amides is 1. The van der Waals surface area contributed by atoms with Crippen LogP contribution in [0.1, 0.15) is 24.0 Å². The van der Waals surface area contributed by atoms with E-state index in [-0.39, 0.29) is 37.7 Å². The molecule has 2 aromatic carbocycles. The number of nitrogens with one attached hydrogen (secondary N) is 1. The van der Waals surface area contributed by atoms with E-state index in [2.05, 4.69) is 5.32 Å². The maximum Gasteiger partial charge on any atom is 0.303 e. The third-order valence-electron chi connectivity index (χ3n) is 3.66. The quantitative estimate of drug-likeness (QED) is 0.717. The molecule has 0 radical (unpaired) electrons. The second-order valence-corrected chi connectivity index (χ2v) is 5.52. The van der Waals surface area contributed by atoms with Crippen molar-refractivity contribution in [3.8, 4) is 11.5 Å². The number of ether oxygens (including phenoxy) is 2. The Hall–Kier alpha value is -3.09. The van der Waals surface area contributed by atoms with Crippen LogP contribution in [0.2, 0.25) is 0 Å². The second kappa shape index (κ2) is 9.41. The minimum atomic E-state index is -1.03. The van der Waals surface area contributed by atoms with Crippen molar-refractivity contribution in [2.24, 2.45) is 0 Å². The van der Waals surface area contributed by atoms with Crippen molar-refractivity contribution >= 4 is 11.9 Å². The first-order chi connectivity index (χ1) is 12.5. The number of hydrogen-bond acceptors (Lipinski definition) is 4. The molecule has 0 bridgehead atoms. The molecular formula is C19H20FNO5. The zero-order chi connectivity index (χ0) is 18.9. The summed E-state index contributed by atoms with van der Waals surface area (Å²) in [5.74, 6) is -0.749. The predicted molar refractivity (Wildman–Crippen MR) is 92.4 cm³/mol. The van der Waals surface area contributed by atoms with Crippen molar-refractivity contribution in [2.75, 3.05) is 7.11 Å². The molecule has 2 rings (SSSR count). The summed E-state index contributed by atoms with van der Waals surface area (Å²) in [6.07, 6.45) is -0.331. The lowest BCUT2D eigenvalue weighted by Crippen LogP contribution is -2.23. The van der Waals surface area contributed by atoms with Crippen LogP contribution in [0, 0.1) is 5.82 Å². The monoisotopic (exact) mass is 361 g/mol. The maximum absolute atomic E-state index is 13.7. The molecule has 7 heteroatoms. The largest absolute Gasteiger partial charge is 0.497 e. The van der Waals surface area contributed by atoms with Gasteiger partial charge >= 0.3 is 5.97 Å². The highest BCUT2D eigenvalue weighted by Gasteiger charge is 2.10. The lowest BCUT2D eigenvalue weighted by atomic mass is 10.1. The first-order valence-corrected chi connectivity index (χ1v) is 8.01. The molecule has 6 nitrogen and oxygen atoms in total. The van der Waals surface area contributed by atoms with Gasteiger partial charge in [-0.25, -0.2) is 4.39 Å². The zero-order valence-corrected chi connectivity index (χ0v) is 14.3. The summed E-state index contributed by atoms with van der Waals surface area (Å²) in [5, 5.41) is 11.3. The highest BCUT2D eigenvalue weighted by molar-refractivity contribution is 5.80. The molecule has 0 saturated heterocycles. The fourth-order valence-electron chi connectivity index (χ4n) is 2.22. The van der Waals surface area contributed by atoms with Crippen LogP contribution in [0.25, 0.3) is 0 Å². The van der Waals surface area contributed by atoms with Crippen molar-refractivity contribution in [1.29, 1.82) is 0 Å². The molecule has 0 aliphatic carbocycles. The Labute approximate surface area is 150 Å². The first kappa shape index (κ1) is 19.2. The van der Waals surface area contributed by atoms with Gasteiger partial charge in [0.25, 0.3) is 0 Å². The molecule has 0 atom stereocenters. The van der Waals surface area contributed by atoms with Crippen LogP contribution < -0.4 is 14.8 Å². The summed E-state index contributed by atoms with van der Waals surface area (Å²) in [4.78, 5) is 22.2. The van der Waals surface area contributed by atoms with Crippen molar-refractivity contribution in [2.45, 2.75) is 26.0 Å². The number of rotatable bonds is 9. The number of carbonyl (C=O) groups is 2. The van der Waals surface area contributed by atoms with E-state index in [0.717, 1.165) is 0 Å². The lowest BCUT2D eigenvalue weighted by molar-refractivity contribution is -0.138. The summed E-state index contributed by atoms with van der Waals surface area (Å²) < 4.78 is 24.6. The minimum Gasteiger partial charge on any atom is -0.497 e. The van der Waals surface area contributed by atoms with E-state index in [1.807, 2.05) is 0 Å². The van der Waals surface area contributed by atoms with Crippen LogP contribution >= 0.6 is 0 Å². The van der Waals surface area contributed by atoms with Gasteiger partial charge in [-0.05, 0) is 18.2 Å². The number of benzene rings is 2. The van der Waals surface area contributed by atoms with Crippen LogP contribution in [0.15, 0.2) is 42.5 Å². The average Bonchev–Trinajstić information content (AvgIpc) is 2.64. The maximum atomic E-state index is 13.7. The summed E-state index contributed by atoms with van der Waals surface area (Å²) in [7, 11) is 1.52. The Morgan fingerprint density at radius 1 is 1.12 bits per heavy atom. The summed E-state index contributed by atoms with van der Waals surface area (Å²) in [5.41, 5.74) is 1.08. The van der Waals surface area contributed by atoms with Gasteiger partial charge in [-0.2, -0.15) is 0 Å². The van der Waals surface area contributed by atoms with Crippen LogP contribution in [-0.2, 0) is 22.7 Å². The third-order valence-corrected chi connectivity index (χ3v) is 3.66. The van der Waals surface area contributed by atoms with Gasteiger partial charge in [0, 0.05) is 30.2 Å². The Morgan fingerprint density at radius 2 is 1.88 bits per heavy atom. The van der Waals surface area contributed by atoms with Crippen molar-refractivity contribution in [3.63, 3.8) is 0 Å². The van der Waals surface area contributed by atoms with E-state index in [1.165, 1.54) is 13.2 Å². The zero-order valence-electron chi connectivity index (χ0n) is 14.3. The van der Waals surface area contributed by atoms with Crippen LogP contribution in [0.3, 0.4) is 0 Å². The van der Waals surface area contributed by atoms with Gasteiger partial charge in [-0.3, -0.25) is 9.59 Å². The van der Waals surface area contributed by atoms with Gasteiger partial charge in [-0.15, -0.1) is 0 Å². The average molecular weight is 361 g/mol. The minimum absolute atomic E-state index is 0.0276. The topological polar surface area (TPSA) is 84.9 Å². The number of aliphatic carboxylic acids is 1. The highest BCUT2D eigenvalue weighted by atomic mass is 19.1. The smallest absolute Gasteiger partial charge is 0.303 e. The number of halogens is 1. The molecular weight excluding hydrogens is 341 g/mol. The number of carboxylic acid groups (broad SMARTS) is 1. The number of methoxy groups -OCH3 is 1. The molecule has 138 valence electrons. The molecule has 0 spiro atoms. The fraction of sp³-hybridized carbons (Fsp3) is 0.263. The van der Waals surface area contributed by atoms with Crippen molar-refractivity contribution in [1.82, 2.24) is 5.32 Å². The molecule has 2 N–H and O–H groups in total. The van der Waals surface area contributed by atoms with Gasteiger partial charge in [0.2, 0.25) is 5.91 Å². The Bertz CT molecular complexity index is 778. The second-order valence-electron chi connectivity index (χ2n) is 5.52. The Kier molecular flexibility index (Phi) is 6.96. The van der Waals surface area contributed by atoms with Crippen molar-refractivity contribution < 1.29 is 28.6 Å². The van der Waals surface area contributed by atoms with Gasteiger partial charge in [0.15, 0.2) is 0 Å². The fourth-order valence-corrected chi connectivity index (χ4v) is 2.22. The van der Waals surface area contributed by atoms with E-state index < -0.39 is 5.97 Å². The normalized spacial score (nSPS) is 10.2. The molecule has 0 aliphatic rings. The standard InChI is InChI=1S/C19H20FNO5/c1-25-15-7-6-13(11-21-18(22)8-9-19(23)24)17(10-15)26-12-14-4-2-3-5-16(14)20/h2-7,10H,8-9,11-12H2,1H3,(H,21,22)(H,23,24). The van der Waals surface area contributed by atoms with Gasteiger partial charge < -0.3 is 19.9 Å². The Balaban J connectivity index is 2.05. The molecule has 26 heavy (non-hydrogen) atoms. The van der Waals surface area contributed by atoms with Crippen molar-refractivity contribution in [3.05, 3.63) is 59.4 Å². The molecule has 0 saturated carbocycles. The van der Waals surface area contributed by atoms with E-state index >= 15 is 0 Å². The molecule has 0 aliphatic heterocycles. The third kappa shape index (κ3) is 5.77. The molecule has 0 fully saturated rings. The molecule has 0 aromatic heterocycles. The summed E-state index contributed by atoms with van der Waals surface area (Å²) >= 11 is 0. The SMILES string of the molecule is COc1ccc(CNC(=O)CCC(=O)O)c(OCc2ccccc2F)c1. The molecule has 1 amide bonds. The van der Waals surface area contributed by atoms with Crippen LogP contribution in [0.4, 0.5) is 4.39 Å². The summed E-state index contributed by atoms with van der Waals surface area (Å²) in [6.45, 7) is 0.189. The molecule has 0 unspecified atom stereocenters. The number of carboxylic acids is 1. The van der Waals surface area contributed by atoms with Crippen LogP contribution in [-0.4, -0.2) is 24.1 Å². The highest BCUT2D eigenvalue weighted by Crippen LogP contribution is 2.26. The molecule has 2 aromatic rings. The number of hydrogen-bond donors (Lipinski definition) is 2. The molecule has 0 heterocycles. The lowest BCUT2D eigenvalue weighted by Gasteiger charge is -2.14. The van der Waals surface area contributed by atoms with E-state index in [9.17, 15) is 14.0 Å². The van der Waals surface area contributed by atoms with Gasteiger partial charge in [0.1, 0.15) is 23.9 Å². The van der Waals surface area contributed by atoms with E-state index in [0.29, 0.717) is 22.6 Å². The van der Waals surface area contributed by atoms with Gasteiger partial charge in [0.05, 0.1) is 13.5 Å². The van der Waals surface area contributed by atoms with Gasteiger partial charge in [-0.1, -0.05) is 18.2 Å². The van der Waals surface area contributed by atoms with Crippen LogP contribution in [0.5, 0.6) is 11.5 Å².